The van der Waals surface area contributed by atoms with Crippen molar-refractivity contribution in [3.05, 3.63) is 0 Å². The monoisotopic (exact) mass is 336 g/mol. The molecule has 0 aromatic carbocycles. The van der Waals surface area contributed by atoms with E-state index < -0.39 is 17.8 Å². The van der Waals surface area contributed by atoms with E-state index in [2.05, 4.69) is 14.8 Å². The first-order chi connectivity index (χ1) is 7.08. The van der Waals surface area contributed by atoms with E-state index in [1.165, 1.54) is 38.3 Å². The fourth-order valence-electron chi connectivity index (χ4n) is 2.50. The Labute approximate surface area is 102 Å². The average molecular weight is 335 g/mol. The van der Waals surface area contributed by atoms with E-state index in [-0.39, 0.29) is 0 Å². The molecule has 0 aromatic heterocycles. The zero-order chi connectivity index (χ0) is 11.1. The van der Waals surface area contributed by atoms with E-state index in [0.29, 0.717) is 0 Å². The van der Waals surface area contributed by atoms with E-state index in [4.69, 9.17) is 0 Å². The van der Waals surface area contributed by atoms with Crippen LogP contribution >= 0.6 is 6.23 Å². The van der Waals surface area contributed by atoms with E-state index in [1.54, 1.807) is 25.4 Å². The summed E-state index contributed by atoms with van der Waals surface area (Å²) in [5.74, 6) is 1.11. The van der Waals surface area contributed by atoms with Crippen LogP contribution in [0.2, 0.25) is 14.8 Å². The van der Waals surface area contributed by atoms with Crippen molar-refractivity contribution in [3.63, 3.8) is 0 Å². The van der Waals surface area contributed by atoms with Crippen molar-refractivity contribution in [2.75, 3.05) is 6.16 Å². The Kier molecular flexibility index (Phi) is 7.18. The summed E-state index contributed by atoms with van der Waals surface area (Å²) in [6.45, 7) is 0. The molecule has 0 amide bonds. The minimum atomic E-state index is -1.38. The van der Waals surface area contributed by atoms with Gasteiger partial charge in [0, 0.05) is 0 Å². The topological polar surface area (TPSA) is 0 Å². The molecular weight excluding hydrogens is 306 g/mol. The Morgan fingerprint density at radius 3 is 2.27 bits per heavy atom. The zero-order valence-corrected chi connectivity index (χ0v) is 14.8. The van der Waals surface area contributed by atoms with Gasteiger partial charge in [-0.15, -0.1) is 0 Å². The molecule has 1 fully saturated rings. The third kappa shape index (κ3) is 8.02. The second-order valence-corrected chi connectivity index (χ2v) is 33.0. The molecule has 0 nitrogen and oxygen atoms in total. The summed E-state index contributed by atoms with van der Waals surface area (Å²) >= 11 is -1.38. The number of hydrogen-bond donors (Lipinski definition) is 0. The molecule has 1 saturated carbocycles. The van der Waals surface area contributed by atoms with Crippen molar-refractivity contribution in [1.29, 1.82) is 0 Å². The van der Waals surface area contributed by atoms with Gasteiger partial charge in [0.2, 0.25) is 0 Å². The number of rotatable bonds is 6. The van der Waals surface area contributed by atoms with Crippen molar-refractivity contribution in [1.82, 2.24) is 0 Å². The predicted octanol–water partition coefficient (Wildman–Crippen LogP) is 5.25. The van der Waals surface area contributed by atoms with Crippen molar-refractivity contribution >= 4 is 24.1 Å². The van der Waals surface area contributed by atoms with Gasteiger partial charge in [0.25, 0.3) is 0 Å². The van der Waals surface area contributed by atoms with Gasteiger partial charge in [0.1, 0.15) is 0 Å². The molecule has 2 heteroatoms. The molecule has 0 aromatic rings. The molecule has 0 bridgehead atoms. The van der Waals surface area contributed by atoms with E-state index in [0.717, 1.165) is 5.92 Å². The van der Waals surface area contributed by atoms with E-state index in [9.17, 15) is 0 Å². The van der Waals surface area contributed by atoms with Gasteiger partial charge in [-0.05, 0) is 0 Å². The van der Waals surface area contributed by atoms with Crippen molar-refractivity contribution in [2.24, 2.45) is 5.92 Å². The first kappa shape index (κ1) is 14.3. The van der Waals surface area contributed by atoms with Gasteiger partial charge in [0.05, 0.1) is 0 Å². The molecule has 0 radical (unpaired) electrons. The summed E-state index contributed by atoms with van der Waals surface area (Å²) < 4.78 is 0. The van der Waals surface area contributed by atoms with Gasteiger partial charge in [0.15, 0.2) is 0 Å². The second-order valence-electron chi connectivity index (χ2n) is 6.18. The Morgan fingerprint density at radius 2 is 1.67 bits per heavy atom. The summed E-state index contributed by atoms with van der Waals surface area (Å²) in [4.78, 5) is 7.73. The summed E-state index contributed by atoms with van der Waals surface area (Å²) in [6, 6.07) is 0. The van der Waals surface area contributed by atoms with Crippen LogP contribution in [0.4, 0.5) is 0 Å². The summed E-state index contributed by atoms with van der Waals surface area (Å²) in [5.41, 5.74) is 0. The fraction of sp³-hybridized carbons (Fsp3) is 1.00. The standard InChI is InChI=1S/C10H20P.3CH3.Sn/c11-9-5-4-8-10-6-2-1-3-7-10;;;;/h10-11H,1-9H2;3*1H3;/q-1;;;;+1. The molecule has 15 heavy (non-hydrogen) atoms. The SMILES string of the molecule is [CH3][Sn]([CH3])([CH3])[PH]CCCCC1CCCCC1. The molecule has 1 unspecified atom stereocenters. The maximum absolute atomic E-state index is 2.58. The van der Waals surface area contributed by atoms with Crippen LogP contribution in [0.3, 0.4) is 0 Å². The second kappa shape index (κ2) is 7.53. The zero-order valence-electron chi connectivity index (χ0n) is 10.9. The Balaban J connectivity index is 1.92. The van der Waals surface area contributed by atoms with Crippen LogP contribution in [0.15, 0.2) is 0 Å². The predicted molar refractivity (Wildman–Crippen MR) is 77.0 cm³/mol. The molecule has 1 rings (SSSR count). The molecule has 0 saturated heterocycles. The van der Waals surface area contributed by atoms with Gasteiger partial charge in [-0.1, -0.05) is 0 Å². The van der Waals surface area contributed by atoms with Gasteiger partial charge in [-0.25, -0.2) is 0 Å². The normalized spacial score (nSPS) is 20.2. The fourth-order valence-corrected chi connectivity index (χ4v) is 11.6. The van der Waals surface area contributed by atoms with Crippen LogP contribution in [0.25, 0.3) is 0 Å². The Bertz CT molecular complexity index is 156. The van der Waals surface area contributed by atoms with E-state index in [1.807, 2.05) is 0 Å². The third-order valence-corrected chi connectivity index (χ3v) is 16.3. The van der Waals surface area contributed by atoms with Crippen LogP contribution in [0.5, 0.6) is 0 Å². The van der Waals surface area contributed by atoms with Crippen molar-refractivity contribution in [2.45, 2.75) is 66.2 Å². The van der Waals surface area contributed by atoms with Crippen LogP contribution in [0.1, 0.15) is 51.4 Å². The summed E-state index contributed by atoms with van der Waals surface area (Å²) in [7, 11) is 0. The average Bonchev–Trinajstić information content (AvgIpc) is 2.17. The van der Waals surface area contributed by atoms with Crippen LogP contribution < -0.4 is 0 Å². The van der Waals surface area contributed by atoms with Crippen LogP contribution in [-0.2, 0) is 0 Å². The quantitative estimate of drug-likeness (QED) is 0.353. The first-order valence-electron chi connectivity index (χ1n) is 6.83. The van der Waals surface area contributed by atoms with Gasteiger partial charge in [-0.2, -0.15) is 0 Å². The molecular formula is C13H29PSn. The summed E-state index contributed by atoms with van der Waals surface area (Å²) in [5, 5.41) is 0. The first-order valence-corrected chi connectivity index (χ1v) is 20.9. The molecule has 0 heterocycles. The number of hydrogen-bond acceptors (Lipinski definition) is 0. The Hall–Kier alpha value is 1.23. The van der Waals surface area contributed by atoms with E-state index >= 15 is 0 Å². The molecule has 0 spiro atoms. The molecule has 1 aliphatic rings. The third-order valence-electron chi connectivity index (χ3n) is 3.42. The van der Waals surface area contributed by atoms with Crippen LogP contribution in [-0.4, -0.2) is 24.0 Å². The van der Waals surface area contributed by atoms with Gasteiger partial charge in [-0.3, -0.25) is 0 Å². The van der Waals surface area contributed by atoms with Crippen LogP contribution in [0, 0.1) is 5.92 Å². The maximum atomic E-state index is 2.58. The summed E-state index contributed by atoms with van der Waals surface area (Å²) in [6.07, 6.45) is 15.2. The molecule has 0 aliphatic heterocycles. The minimum absolute atomic E-state index is 1.11. The van der Waals surface area contributed by atoms with Gasteiger partial charge >= 0.3 is 102 Å². The van der Waals surface area contributed by atoms with Crippen molar-refractivity contribution < 1.29 is 0 Å². The van der Waals surface area contributed by atoms with Crippen molar-refractivity contribution in [3.8, 4) is 0 Å². The molecule has 90 valence electrons. The van der Waals surface area contributed by atoms with Gasteiger partial charge < -0.3 is 0 Å². The molecule has 1 aliphatic carbocycles. The number of unbranched alkanes of at least 4 members (excludes halogenated alkanes) is 1. The molecule has 1 atom stereocenters. The Morgan fingerprint density at radius 1 is 1.00 bits per heavy atom. The molecule has 0 N–H and O–H groups in total.